The van der Waals surface area contributed by atoms with E-state index in [-0.39, 0.29) is 6.04 Å². The first-order valence-corrected chi connectivity index (χ1v) is 6.19. The van der Waals surface area contributed by atoms with Gasteiger partial charge in [0.1, 0.15) is 5.75 Å². The minimum atomic E-state index is 0.203. The summed E-state index contributed by atoms with van der Waals surface area (Å²) in [5, 5.41) is 8.41. The number of fused-ring (bicyclic) bond motifs is 1. The van der Waals surface area contributed by atoms with Gasteiger partial charge >= 0.3 is 0 Å². The SMILES string of the molecule is N#CCCCCOc1ccc2c(c1)CC[C@@H]2N. The van der Waals surface area contributed by atoms with Crippen LogP contribution in [0.15, 0.2) is 18.2 Å². The van der Waals surface area contributed by atoms with Crippen LogP contribution < -0.4 is 10.5 Å². The Hall–Kier alpha value is -1.53. The van der Waals surface area contributed by atoms with E-state index >= 15 is 0 Å². The van der Waals surface area contributed by atoms with E-state index in [9.17, 15) is 0 Å². The second-order valence-corrected chi connectivity index (χ2v) is 4.47. The Bertz CT molecular complexity index is 423. The number of hydrogen-bond acceptors (Lipinski definition) is 3. The van der Waals surface area contributed by atoms with Crippen LogP contribution in [-0.2, 0) is 6.42 Å². The molecule has 0 amide bonds. The molecule has 1 aliphatic carbocycles. The van der Waals surface area contributed by atoms with Crippen LogP contribution in [0.1, 0.15) is 42.9 Å². The Morgan fingerprint density at radius 1 is 1.41 bits per heavy atom. The largest absolute Gasteiger partial charge is 0.494 e. The molecule has 0 aromatic heterocycles. The summed E-state index contributed by atoms with van der Waals surface area (Å²) in [6, 6.07) is 8.52. The summed E-state index contributed by atoms with van der Waals surface area (Å²) in [5.74, 6) is 0.926. The van der Waals surface area contributed by atoms with Gasteiger partial charge < -0.3 is 10.5 Å². The standard InChI is InChI=1S/C14H18N2O/c15-8-2-1-3-9-17-12-5-6-13-11(10-12)4-7-14(13)16/h5-6,10,14H,1-4,7,9,16H2/t14-/m0/s1. The van der Waals surface area contributed by atoms with Crippen molar-refractivity contribution in [2.24, 2.45) is 5.73 Å². The zero-order chi connectivity index (χ0) is 12.1. The summed E-state index contributed by atoms with van der Waals surface area (Å²) in [5.41, 5.74) is 8.57. The molecule has 0 aliphatic heterocycles. The molecule has 0 fully saturated rings. The molecule has 0 bridgehead atoms. The second-order valence-electron chi connectivity index (χ2n) is 4.47. The van der Waals surface area contributed by atoms with Gasteiger partial charge in [-0.25, -0.2) is 0 Å². The first-order chi connectivity index (χ1) is 8.31. The summed E-state index contributed by atoms with van der Waals surface area (Å²) < 4.78 is 5.66. The van der Waals surface area contributed by atoms with E-state index in [1.54, 1.807) is 0 Å². The fraction of sp³-hybridized carbons (Fsp3) is 0.500. The summed E-state index contributed by atoms with van der Waals surface area (Å²) in [6.45, 7) is 0.687. The molecule has 0 saturated carbocycles. The summed E-state index contributed by atoms with van der Waals surface area (Å²) in [4.78, 5) is 0. The molecule has 1 aliphatic rings. The number of rotatable bonds is 5. The van der Waals surface area contributed by atoms with Crippen LogP contribution in [0.25, 0.3) is 0 Å². The Kier molecular flexibility index (Phi) is 4.00. The topological polar surface area (TPSA) is 59.0 Å². The highest BCUT2D eigenvalue weighted by Crippen LogP contribution is 2.31. The lowest BCUT2D eigenvalue weighted by Gasteiger charge is -2.08. The Balaban J connectivity index is 1.85. The highest BCUT2D eigenvalue weighted by Gasteiger charge is 2.18. The van der Waals surface area contributed by atoms with Crippen LogP contribution in [0.5, 0.6) is 5.75 Å². The minimum Gasteiger partial charge on any atom is -0.494 e. The Morgan fingerprint density at radius 2 is 2.29 bits per heavy atom. The van der Waals surface area contributed by atoms with Gasteiger partial charge in [0.25, 0.3) is 0 Å². The van der Waals surface area contributed by atoms with Gasteiger partial charge in [-0.1, -0.05) is 6.07 Å². The predicted molar refractivity (Wildman–Crippen MR) is 66.7 cm³/mol. The van der Waals surface area contributed by atoms with Gasteiger partial charge in [-0.05, 0) is 48.9 Å². The maximum atomic E-state index is 8.41. The van der Waals surface area contributed by atoms with Gasteiger partial charge in [-0.3, -0.25) is 0 Å². The van der Waals surface area contributed by atoms with Gasteiger partial charge in [-0.2, -0.15) is 5.26 Å². The number of ether oxygens (including phenoxy) is 1. The molecule has 17 heavy (non-hydrogen) atoms. The van der Waals surface area contributed by atoms with Crippen LogP contribution in [0.4, 0.5) is 0 Å². The van der Waals surface area contributed by atoms with Crippen molar-refractivity contribution >= 4 is 0 Å². The Morgan fingerprint density at radius 3 is 3.12 bits per heavy atom. The van der Waals surface area contributed by atoms with Crippen molar-refractivity contribution in [3.8, 4) is 11.8 Å². The van der Waals surface area contributed by atoms with Crippen molar-refractivity contribution < 1.29 is 4.74 Å². The molecular weight excluding hydrogens is 212 g/mol. The quantitative estimate of drug-likeness (QED) is 0.791. The van der Waals surface area contributed by atoms with Crippen molar-refractivity contribution in [1.29, 1.82) is 5.26 Å². The lowest BCUT2D eigenvalue weighted by Crippen LogP contribution is -2.05. The van der Waals surface area contributed by atoms with Crippen LogP contribution in [0.2, 0.25) is 0 Å². The fourth-order valence-corrected chi connectivity index (χ4v) is 2.21. The van der Waals surface area contributed by atoms with Crippen LogP contribution in [0.3, 0.4) is 0 Å². The average molecular weight is 230 g/mol. The first-order valence-electron chi connectivity index (χ1n) is 6.19. The van der Waals surface area contributed by atoms with E-state index in [1.807, 2.05) is 6.07 Å². The maximum Gasteiger partial charge on any atom is 0.119 e. The molecule has 3 nitrogen and oxygen atoms in total. The maximum absolute atomic E-state index is 8.41. The number of hydrogen-bond donors (Lipinski definition) is 1. The molecule has 3 heteroatoms. The van der Waals surface area contributed by atoms with Gasteiger partial charge in [0, 0.05) is 12.5 Å². The summed E-state index contributed by atoms with van der Waals surface area (Å²) >= 11 is 0. The number of nitriles is 1. The lowest BCUT2D eigenvalue weighted by molar-refractivity contribution is 0.307. The van der Waals surface area contributed by atoms with Gasteiger partial charge in [-0.15, -0.1) is 0 Å². The number of benzene rings is 1. The van der Waals surface area contributed by atoms with E-state index in [0.717, 1.165) is 31.4 Å². The highest BCUT2D eigenvalue weighted by atomic mass is 16.5. The van der Waals surface area contributed by atoms with Crippen LogP contribution in [0, 0.1) is 11.3 Å². The molecule has 0 saturated heterocycles. The lowest BCUT2D eigenvalue weighted by atomic mass is 10.1. The zero-order valence-corrected chi connectivity index (χ0v) is 9.98. The molecule has 0 unspecified atom stereocenters. The normalized spacial score (nSPS) is 17.5. The number of unbranched alkanes of at least 4 members (excludes halogenated alkanes) is 2. The molecular formula is C14H18N2O. The van der Waals surface area contributed by atoms with Gasteiger partial charge in [0.15, 0.2) is 0 Å². The van der Waals surface area contributed by atoms with Gasteiger partial charge in [0.05, 0.1) is 12.7 Å². The molecule has 2 N–H and O–H groups in total. The smallest absolute Gasteiger partial charge is 0.119 e. The van der Waals surface area contributed by atoms with E-state index < -0.39 is 0 Å². The van der Waals surface area contributed by atoms with E-state index in [0.29, 0.717) is 13.0 Å². The van der Waals surface area contributed by atoms with Crippen molar-refractivity contribution in [2.75, 3.05) is 6.61 Å². The molecule has 1 aromatic rings. The Labute approximate surface area is 102 Å². The summed E-state index contributed by atoms with van der Waals surface area (Å²) in [7, 11) is 0. The molecule has 90 valence electrons. The monoisotopic (exact) mass is 230 g/mol. The fourth-order valence-electron chi connectivity index (χ4n) is 2.21. The van der Waals surface area contributed by atoms with Crippen molar-refractivity contribution in [3.05, 3.63) is 29.3 Å². The number of nitrogens with two attached hydrogens (primary N) is 1. The minimum absolute atomic E-state index is 0.203. The third-order valence-corrected chi connectivity index (χ3v) is 3.19. The molecule has 2 rings (SSSR count). The van der Waals surface area contributed by atoms with Gasteiger partial charge in [0.2, 0.25) is 0 Å². The molecule has 0 spiro atoms. The third-order valence-electron chi connectivity index (χ3n) is 3.19. The van der Waals surface area contributed by atoms with E-state index in [4.69, 9.17) is 15.7 Å². The van der Waals surface area contributed by atoms with E-state index in [2.05, 4.69) is 18.2 Å². The third kappa shape index (κ3) is 2.98. The van der Waals surface area contributed by atoms with E-state index in [1.165, 1.54) is 11.1 Å². The number of aryl methyl sites for hydroxylation is 1. The molecule has 1 atom stereocenters. The van der Waals surface area contributed by atoms with Crippen molar-refractivity contribution in [3.63, 3.8) is 0 Å². The van der Waals surface area contributed by atoms with Crippen molar-refractivity contribution in [1.82, 2.24) is 0 Å². The highest BCUT2D eigenvalue weighted by molar-refractivity contribution is 5.40. The van der Waals surface area contributed by atoms with Crippen LogP contribution in [-0.4, -0.2) is 6.61 Å². The zero-order valence-electron chi connectivity index (χ0n) is 9.98. The first kappa shape index (κ1) is 11.9. The molecule has 0 heterocycles. The van der Waals surface area contributed by atoms with Crippen molar-refractivity contribution in [2.45, 2.75) is 38.1 Å². The van der Waals surface area contributed by atoms with Crippen LogP contribution >= 0.6 is 0 Å². The average Bonchev–Trinajstić information content (AvgIpc) is 2.71. The number of nitrogens with zero attached hydrogens (tertiary/aromatic N) is 1. The second kappa shape index (κ2) is 5.70. The molecule has 0 radical (unpaired) electrons. The predicted octanol–water partition coefficient (Wildman–Crippen LogP) is 2.71. The molecule has 1 aromatic carbocycles. The summed E-state index contributed by atoms with van der Waals surface area (Å²) in [6.07, 6.45) is 4.56.